The number of rotatable bonds is 9. The number of nitrogens with two attached hydrogens (primary N) is 1. The van der Waals surface area contributed by atoms with Gasteiger partial charge in [-0.15, -0.1) is 0 Å². The molecule has 0 amide bonds. The lowest BCUT2D eigenvalue weighted by Gasteiger charge is -2.20. The molecule has 0 radical (unpaired) electrons. The highest BCUT2D eigenvalue weighted by Crippen LogP contribution is 2.45. The molecule has 0 fully saturated rings. The van der Waals surface area contributed by atoms with Crippen LogP contribution in [-0.4, -0.2) is 0 Å². The summed E-state index contributed by atoms with van der Waals surface area (Å²) < 4.78 is 0. The summed E-state index contributed by atoms with van der Waals surface area (Å²) in [7, 11) is 0. The third-order valence-electron chi connectivity index (χ3n) is 9.98. The fourth-order valence-corrected chi connectivity index (χ4v) is 7.35. The van der Waals surface area contributed by atoms with E-state index in [0.29, 0.717) is 0 Å². The van der Waals surface area contributed by atoms with Crippen molar-refractivity contribution in [3.05, 3.63) is 174 Å². The van der Waals surface area contributed by atoms with E-state index in [1.54, 1.807) is 0 Å². The molecule has 0 heterocycles. The van der Waals surface area contributed by atoms with Gasteiger partial charge >= 0.3 is 0 Å². The van der Waals surface area contributed by atoms with E-state index in [4.69, 9.17) is 5.73 Å². The minimum atomic E-state index is 0.735. The normalized spacial score (nSPS) is 12.2. The van der Waals surface area contributed by atoms with E-state index in [1.165, 1.54) is 78.5 Å². The van der Waals surface area contributed by atoms with E-state index in [2.05, 4.69) is 167 Å². The maximum atomic E-state index is 6.64. The molecule has 7 rings (SSSR count). The van der Waals surface area contributed by atoms with Crippen LogP contribution in [0.1, 0.15) is 54.5 Å². The van der Waals surface area contributed by atoms with Crippen molar-refractivity contribution in [1.29, 1.82) is 0 Å². The smallest absolute Gasteiger partial charge is 0.0393 e. The van der Waals surface area contributed by atoms with Crippen LogP contribution < -0.4 is 5.73 Å². The van der Waals surface area contributed by atoms with E-state index < -0.39 is 0 Å². The Morgan fingerprint density at radius 3 is 1.82 bits per heavy atom. The van der Waals surface area contributed by atoms with Gasteiger partial charge in [-0.05, 0) is 127 Å². The number of hydrogen-bond donors (Lipinski definition) is 1. The monoisotopic (exact) mass is 633 g/mol. The van der Waals surface area contributed by atoms with Crippen molar-refractivity contribution in [2.45, 2.75) is 40.0 Å². The van der Waals surface area contributed by atoms with Gasteiger partial charge in [0.15, 0.2) is 0 Å². The van der Waals surface area contributed by atoms with Gasteiger partial charge in [-0.3, -0.25) is 0 Å². The van der Waals surface area contributed by atoms with Gasteiger partial charge in [0.25, 0.3) is 0 Å². The average molecular weight is 634 g/mol. The van der Waals surface area contributed by atoms with Crippen LogP contribution in [0.15, 0.2) is 146 Å². The second kappa shape index (κ2) is 13.8. The van der Waals surface area contributed by atoms with Crippen LogP contribution >= 0.6 is 0 Å². The van der Waals surface area contributed by atoms with E-state index in [9.17, 15) is 0 Å². The molecule has 0 spiro atoms. The Balaban J connectivity index is 1.36. The molecule has 1 heteroatoms. The maximum Gasteiger partial charge on any atom is 0.0393 e. The SMILES string of the molecule is C=Cc1cc(/C(N)=C/C(=C\C)c2ccc(-c3c4ccccc4c(-c4ccc(CCCC)c5ccccc45)c4ccccc34)cc2)ccc1C. The highest BCUT2D eigenvalue weighted by atomic mass is 14.6. The molecule has 0 saturated carbocycles. The van der Waals surface area contributed by atoms with Crippen LogP contribution in [0, 0.1) is 6.92 Å². The van der Waals surface area contributed by atoms with E-state index in [1.807, 2.05) is 6.08 Å². The first-order chi connectivity index (χ1) is 24.0. The van der Waals surface area contributed by atoms with Crippen LogP contribution in [0.2, 0.25) is 0 Å². The minimum Gasteiger partial charge on any atom is -0.398 e. The summed E-state index contributed by atoms with van der Waals surface area (Å²) in [5.74, 6) is 0. The number of allylic oxidation sites excluding steroid dienone is 3. The van der Waals surface area contributed by atoms with Gasteiger partial charge in [0.2, 0.25) is 0 Å². The zero-order chi connectivity index (χ0) is 33.9. The van der Waals surface area contributed by atoms with Crippen molar-refractivity contribution in [1.82, 2.24) is 0 Å². The van der Waals surface area contributed by atoms with E-state index in [0.717, 1.165) is 34.4 Å². The maximum absolute atomic E-state index is 6.64. The minimum absolute atomic E-state index is 0.735. The van der Waals surface area contributed by atoms with E-state index >= 15 is 0 Å². The van der Waals surface area contributed by atoms with Gasteiger partial charge in [-0.1, -0.05) is 153 Å². The number of unbranched alkanes of at least 4 members (excludes halogenated alkanes) is 1. The lowest BCUT2D eigenvalue weighted by Crippen LogP contribution is -1.98. The molecule has 240 valence electrons. The van der Waals surface area contributed by atoms with E-state index in [-0.39, 0.29) is 0 Å². The van der Waals surface area contributed by atoms with Gasteiger partial charge in [0.05, 0.1) is 0 Å². The summed E-state index contributed by atoms with van der Waals surface area (Å²) in [6.45, 7) is 10.4. The molecule has 0 aliphatic heterocycles. The second-order valence-corrected chi connectivity index (χ2v) is 13.0. The molecule has 7 aromatic rings. The summed E-state index contributed by atoms with van der Waals surface area (Å²) in [4.78, 5) is 0. The van der Waals surface area contributed by atoms with Crippen LogP contribution in [0.5, 0.6) is 0 Å². The first kappa shape index (κ1) is 31.9. The van der Waals surface area contributed by atoms with Gasteiger partial charge < -0.3 is 5.73 Å². The highest BCUT2D eigenvalue weighted by Gasteiger charge is 2.18. The molecule has 0 bridgehead atoms. The predicted octanol–water partition coefficient (Wildman–Crippen LogP) is 13.2. The Hall–Kier alpha value is -5.66. The molecule has 0 aromatic heterocycles. The van der Waals surface area contributed by atoms with Gasteiger partial charge in [0.1, 0.15) is 0 Å². The van der Waals surface area contributed by atoms with Crippen LogP contribution in [0.3, 0.4) is 0 Å². The summed E-state index contributed by atoms with van der Waals surface area (Å²) in [5.41, 5.74) is 19.4. The van der Waals surface area contributed by atoms with Crippen molar-refractivity contribution in [2.75, 3.05) is 0 Å². The molecular formula is C48H43N. The summed E-state index contributed by atoms with van der Waals surface area (Å²) in [5, 5.41) is 7.74. The molecule has 2 N–H and O–H groups in total. The summed E-state index contributed by atoms with van der Waals surface area (Å²) in [6, 6.07) is 46.8. The van der Waals surface area contributed by atoms with Crippen molar-refractivity contribution in [2.24, 2.45) is 5.73 Å². The lowest BCUT2D eigenvalue weighted by molar-refractivity contribution is 0.799. The predicted molar refractivity (Wildman–Crippen MR) is 216 cm³/mol. The Morgan fingerprint density at radius 2 is 1.22 bits per heavy atom. The Labute approximate surface area is 290 Å². The average Bonchev–Trinajstić information content (AvgIpc) is 3.15. The Kier molecular flexibility index (Phi) is 9.01. The van der Waals surface area contributed by atoms with Crippen molar-refractivity contribution in [3.8, 4) is 22.3 Å². The topological polar surface area (TPSA) is 26.0 Å². The van der Waals surface area contributed by atoms with Crippen molar-refractivity contribution < 1.29 is 0 Å². The molecule has 49 heavy (non-hydrogen) atoms. The molecule has 0 saturated heterocycles. The molecular weight excluding hydrogens is 591 g/mol. The zero-order valence-corrected chi connectivity index (χ0v) is 28.8. The van der Waals surface area contributed by atoms with Gasteiger partial charge in [-0.2, -0.15) is 0 Å². The van der Waals surface area contributed by atoms with Crippen LogP contribution in [0.25, 0.3) is 71.9 Å². The third kappa shape index (κ3) is 5.98. The Bertz CT molecular complexity index is 2350. The zero-order valence-electron chi connectivity index (χ0n) is 28.8. The number of hydrogen-bond acceptors (Lipinski definition) is 1. The summed E-state index contributed by atoms with van der Waals surface area (Å²) in [6.07, 6.45) is 9.58. The largest absolute Gasteiger partial charge is 0.398 e. The fraction of sp³-hybridized carbons (Fsp3) is 0.125. The molecule has 0 aliphatic rings. The molecule has 1 nitrogen and oxygen atoms in total. The van der Waals surface area contributed by atoms with Gasteiger partial charge in [-0.25, -0.2) is 0 Å². The quantitative estimate of drug-likeness (QED) is 0.124. The molecule has 0 unspecified atom stereocenters. The molecule has 0 atom stereocenters. The molecule has 0 aliphatic carbocycles. The van der Waals surface area contributed by atoms with Crippen molar-refractivity contribution in [3.63, 3.8) is 0 Å². The van der Waals surface area contributed by atoms with Crippen molar-refractivity contribution >= 4 is 49.7 Å². The first-order valence-corrected chi connectivity index (χ1v) is 17.4. The second-order valence-electron chi connectivity index (χ2n) is 13.0. The van der Waals surface area contributed by atoms with Gasteiger partial charge in [0, 0.05) is 5.70 Å². The lowest BCUT2D eigenvalue weighted by atomic mass is 9.84. The first-order valence-electron chi connectivity index (χ1n) is 17.4. The van der Waals surface area contributed by atoms with Crippen LogP contribution in [-0.2, 0) is 6.42 Å². The van der Waals surface area contributed by atoms with Crippen LogP contribution in [0.4, 0.5) is 0 Å². The Morgan fingerprint density at radius 1 is 0.653 bits per heavy atom. The third-order valence-corrected chi connectivity index (χ3v) is 9.98. The number of aryl methyl sites for hydroxylation is 2. The fourth-order valence-electron chi connectivity index (χ4n) is 7.35. The number of fused-ring (bicyclic) bond motifs is 3. The number of benzene rings is 7. The summed E-state index contributed by atoms with van der Waals surface area (Å²) >= 11 is 0. The highest BCUT2D eigenvalue weighted by molar-refractivity contribution is 6.23. The molecule has 7 aromatic carbocycles. The standard InChI is InChI=1S/C48H43N/c1-5-8-15-36-28-29-45(40-17-10-9-16-39(36)40)48-43-20-13-11-18-41(43)47(42-19-12-14-21-44(42)48)37-26-24-35(25-27-37)34(7-3)31-46(49)38-23-22-32(4)33(6-2)30-38/h6-7,9-14,16-31H,2,5,8,15,49H2,1,3-4H3/b34-7+,46-31-.